The summed E-state index contributed by atoms with van der Waals surface area (Å²) in [6, 6.07) is 0. The number of hydrogen-bond acceptors (Lipinski definition) is 4. The second-order valence-corrected chi connectivity index (χ2v) is 3.95. The largest absolute Gasteiger partial charge is 0.480 e. The van der Waals surface area contributed by atoms with Crippen LogP contribution in [0.4, 0.5) is 0 Å². The van der Waals surface area contributed by atoms with Gasteiger partial charge in [-0.3, -0.25) is 4.79 Å². The van der Waals surface area contributed by atoms with Crippen LogP contribution in [-0.4, -0.2) is 48.0 Å². The number of carboxylic acid groups (broad SMARTS) is 1. The van der Waals surface area contributed by atoms with Crippen molar-refractivity contribution >= 4 is 11.9 Å². The zero-order valence-electron chi connectivity index (χ0n) is 9.02. The van der Waals surface area contributed by atoms with Gasteiger partial charge in [0.15, 0.2) is 0 Å². The number of carboxylic acids is 1. The van der Waals surface area contributed by atoms with Crippen LogP contribution in [0.1, 0.15) is 19.3 Å². The number of ether oxygens (including phenoxy) is 1. The average Bonchev–Trinajstić information content (AvgIpc) is 2.60. The molecule has 0 aromatic carbocycles. The average molecular weight is 231 g/mol. The van der Waals surface area contributed by atoms with Crippen molar-refractivity contribution in [1.29, 1.82) is 0 Å². The van der Waals surface area contributed by atoms with Crippen LogP contribution in [0.5, 0.6) is 0 Å². The lowest BCUT2D eigenvalue weighted by atomic mass is 10.1. The molecule has 0 aromatic heterocycles. The van der Waals surface area contributed by atoms with E-state index in [0.717, 1.165) is 19.3 Å². The minimum absolute atomic E-state index is 0.114. The highest BCUT2D eigenvalue weighted by Gasteiger charge is 2.25. The van der Waals surface area contributed by atoms with Crippen molar-refractivity contribution in [3.05, 3.63) is 0 Å². The Kier molecular flexibility index (Phi) is 5.21. The summed E-state index contributed by atoms with van der Waals surface area (Å²) in [5, 5.41) is 20.4. The Hall–Kier alpha value is -1.14. The van der Waals surface area contributed by atoms with Crippen LogP contribution < -0.4 is 5.32 Å². The maximum atomic E-state index is 11.2. The number of aliphatic carboxylic acids is 1. The normalized spacial score (nSPS) is 24.3. The van der Waals surface area contributed by atoms with E-state index in [1.54, 1.807) is 0 Å². The van der Waals surface area contributed by atoms with E-state index in [4.69, 9.17) is 5.11 Å². The minimum Gasteiger partial charge on any atom is -0.480 e. The Morgan fingerprint density at radius 2 is 2.06 bits per heavy atom. The molecular formula is C10H17NO5. The molecule has 0 aromatic rings. The Morgan fingerprint density at radius 1 is 1.31 bits per heavy atom. The van der Waals surface area contributed by atoms with Crippen LogP contribution >= 0.6 is 0 Å². The summed E-state index contributed by atoms with van der Waals surface area (Å²) in [6.07, 6.45) is 2.35. The van der Waals surface area contributed by atoms with Crippen LogP contribution in [0.15, 0.2) is 0 Å². The SMILES string of the molecule is O=C(O)COCC(=O)NCC1CCCC1O. The molecule has 1 aliphatic rings. The van der Waals surface area contributed by atoms with Crippen molar-refractivity contribution in [2.24, 2.45) is 5.92 Å². The zero-order valence-corrected chi connectivity index (χ0v) is 9.02. The van der Waals surface area contributed by atoms with E-state index in [2.05, 4.69) is 10.1 Å². The summed E-state index contributed by atoms with van der Waals surface area (Å²) < 4.78 is 4.62. The van der Waals surface area contributed by atoms with Gasteiger partial charge in [0.1, 0.15) is 13.2 Å². The number of hydrogen-bond donors (Lipinski definition) is 3. The molecule has 6 nitrogen and oxygen atoms in total. The molecule has 92 valence electrons. The van der Waals surface area contributed by atoms with E-state index < -0.39 is 12.6 Å². The van der Waals surface area contributed by atoms with Gasteiger partial charge in [0, 0.05) is 12.5 Å². The fourth-order valence-corrected chi connectivity index (χ4v) is 1.78. The highest BCUT2D eigenvalue weighted by atomic mass is 16.5. The molecule has 0 bridgehead atoms. The molecule has 6 heteroatoms. The fraction of sp³-hybridized carbons (Fsp3) is 0.800. The standard InChI is InChI=1S/C10H17NO5/c12-8-3-1-2-7(8)4-11-9(13)5-16-6-10(14)15/h7-8,12H,1-6H2,(H,11,13)(H,14,15). The van der Waals surface area contributed by atoms with Gasteiger partial charge in [-0.1, -0.05) is 6.42 Å². The van der Waals surface area contributed by atoms with E-state index in [-0.39, 0.29) is 24.5 Å². The topological polar surface area (TPSA) is 95.9 Å². The first-order valence-corrected chi connectivity index (χ1v) is 5.34. The Bertz CT molecular complexity index is 256. The fourth-order valence-electron chi connectivity index (χ4n) is 1.78. The first-order valence-electron chi connectivity index (χ1n) is 5.34. The van der Waals surface area contributed by atoms with E-state index in [1.807, 2.05) is 0 Å². The number of nitrogens with one attached hydrogen (secondary N) is 1. The van der Waals surface area contributed by atoms with Crippen LogP contribution in [0.3, 0.4) is 0 Å². The Labute approximate surface area is 93.6 Å². The molecule has 2 atom stereocenters. The minimum atomic E-state index is -1.10. The van der Waals surface area contributed by atoms with Crippen molar-refractivity contribution in [1.82, 2.24) is 5.32 Å². The summed E-state index contributed by atoms with van der Waals surface area (Å²) in [5.41, 5.74) is 0. The number of aliphatic hydroxyl groups excluding tert-OH is 1. The lowest BCUT2D eigenvalue weighted by Gasteiger charge is -2.14. The molecule has 1 rings (SSSR count). The molecule has 16 heavy (non-hydrogen) atoms. The van der Waals surface area contributed by atoms with Gasteiger partial charge >= 0.3 is 5.97 Å². The number of amides is 1. The lowest BCUT2D eigenvalue weighted by molar-refractivity contribution is -0.143. The van der Waals surface area contributed by atoms with Gasteiger partial charge in [-0.2, -0.15) is 0 Å². The van der Waals surface area contributed by atoms with Gasteiger partial charge in [-0.15, -0.1) is 0 Å². The summed E-state index contributed by atoms with van der Waals surface area (Å²) in [6.45, 7) is -0.301. The van der Waals surface area contributed by atoms with Gasteiger partial charge in [-0.25, -0.2) is 4.79 Å². The van der Waals surface area contributed by atoms with Crippen LogP contribution in [-0.2, 0) is 14.3 Å². The highest BCUT2D eigenvalue weighted by Crippen LogP contribution is 2.24. The molecule has 0 radical (unpaired) electrons. The van der Waals surface area contributed by atoms with E-state index >= 15 is 0 Å². The van der Waals surface area contributed by atoms with Crippen LogP contribution in [0.2, 0.25) is 0 Å². The molecule has 1 amide bonds. The first-order chi connectivity index (χ1) is 7.59. The lowest BCUT2D eigenvalue weighted by Crippen LogP contribution is -2.35. The monoisotopic (exact) mass is 231 g/mol. The highest BCUT2D eigenvalue weighted by molar-refractivity contribution is 5.77. The van der Waals surface area contributed by atoms with E-state index in [1.165, 1.54) is 0 Å². The predicted molar refractivity (Wildman–Crippen MR) is 54.8 cm³/mol. The third-order valence-corrected chi connectivity index (χ3v) is 2.64. The van der Waals surface area contributed by atoms with Crippen molar-refractivity contribution in [3.63, 3.8) is 0 Å². The van der Waals surface area contributed by atoms with Crippen molar-refractivity contribution in [3.8, 4) is 0 Å². The third-order valence-electron chi connectivity index (χ3n) is 2.64. The third kappa shape index (κ3) is 4.59. The van der Waals surface area contributed by atoms with Crippen molar-refractivity contribution in [2.45, 2.75) is 25.4 Å². The van der Waals surface area contributed by atoms with E-state index in [0.29, 0.717) is 6.54 Å². The van der Waals surface area contributed by atoms with Gasteiger partial charge in [0.25, 0.3) is 0 Å². The van der Waals surface area contributed by atoms with Gasteiger partial charge in [0.05, 0.1) is 6.10 Å². The second kappa shape index (κ2) is 6.44. The van der Waals surface area contributed by atoms with Gasteiger partial charge < -0.3 is 20.3 Å². The maximum absolute atomic E-state index is 11.2. The smallest absolute Gasteiger partial charge is 0.329 e. The quantitative estimate of drug-likeness (QED) is 0.565. The molecule has 0 saturated heterocycles. The van der Waals surface area contributed by atoms with Gasteiger partial charge in [0.2, 0.25) is 5.91 Å². The predicted octanol–water partition coefficient (Wildman–Crippen LogP) is -0.635. The molecule has 3 N–H and O–H groups in total. The molecule has 0 aliphatic heterocycles. The maximum Gasteiger partial charge on any atom is 0.329 e. The van der Waals surface area contributed by atoms with Crippen LogP contribution in [0.25, 0.3) is 0 Å². The summed E-state index contributed by atoms with van der Waals surface area (Å²) in [7, 11) is 0. The summed E-state index contributed by atoms with van der Waals surface area (Å²) in [5.74, 6) is -1.33. The second-order valence-electron chi connectivity index (χ2n) is 3.95. The van der Waals surface area contributed by atoms with Crippen molar-refractivity contribution in [2.75, 3.05) is 19.8 Å². The number of carbonyl (C=O) groups is 2. The molecule has 1 aliphatic carbocycles. The summed E-state index contributed by atoms with van der Waals surface area (Å²) in [4.78, 5) is 21.3. The molecule has 1 saturated carbocycles. The van der Waals surface area contributed by atoms with Gasteiger partial charge in [-0.05, 0) is 12.8 Å². The molecule has 0 heterocycles. The Morgan fingerprint density at radius 3 is 2.62 bits per heavy atom. The molecule has 2 unspecified atom stereocenters. The molecule has 1 fully saturated rings. The van der Waals surface area contributed by atoms with Crippen molar-refractivity contribution < 1.29 is 24.5 Å². The number of aliphatic hydroxyl groups is 1. The molecular weight excluding hydrogens is 214 g/mol. The number of rotatable bonds is 6. The summed E-state index contributed by atoms with van der Waals surface area (Å²) >= 11 is 0. The van der Waals surface area contributed by atoms with E-state index in [9.17, 15) is 14.7 Å². The molecule has 0 spiro atoms. The zero-order chi connectivity index (χ0) is 12.0. The Balaban J connectivity index is 2.08. The number of carbonyl (C=O) groups excluding carboxylic acids is 1. The first kappa shape index (κ1) is 12.9. The van der Waals surface area contributed by atoms with Crippen LogP contribution in [0, 0.1) is 5.92 Å².